The highest BCUT2D eigenvalue weighted by atomic mass is 32.1. The van der Waals surface area contributed by atoms with E-state index in [4.69, 9.17) is 11.5 Å². The van der Waals surface area contributed by atoms with E-state index in [-0.39, 0.29) is 6.17 Å². The van der Waals surface area contributed by atoms with E-state index in [0.717, 1.165) is 24.3 Å². The Kier molecular flexibility index (Phi) is 3.58. The van der Waals surface area contributed by atoms with Crippen molar-refractivity contribution < 1.29 is 0 Å². The Labute approximate surface area is 145 Å². The highest BCUT2D eigenvalue weighted by Crippen LogP contribution is 2.43. The highest BCUT2D eigenvalue weighted by molar-refractivity contribution is 7.13. The maximum atomic E-state index is 6.54. The first-order chi connectivity index (χ1) is 11.7. The molecular weight excluding hydrogens is 318 g/mol. The molecule has 124 valence electrons. The lowest BCUT2D eigenvalue weighted by molar-refractivity contribution is 0.332. The molecule has 4 rings (SSSR count). The summed E-state index contributed by atoms with van der Waals surface area (Å²) < 4.78 is 2.27. The summed E-state index contributed by atoms with van der Waals surface area (Å²) in [7, 11) is 0. The van der Waals surface area contributed by atoms with Gasteiger partial charge in [-0.15, -0.1) is 11.3 Å². The van der Waals surface area contributed by atoms with E-state index in [1.54, 1.807) is 11.3 Å². The molecule has 1 atom stereocenters. The molecule has 0 saturated heterocycles. The van der Waals surface area contributed by atoms with Crippen molar-refractivity contribution in [1.29, 1.82) is 0 Å². The average molecular weight is 339 g/mol. The van der Waals surface area contributed by atoms with Crippen LogP contribution in [0.3, 0.4) is 0 Å². The molecule has 0 radical (unpaired) electrons. The second-order valence-electron chi connectivity index (χ2n) is 5.90. The number of aliphatic imine (C=N–C) groups is 1. The van der Waals surface area contributed by atoms with E-state index in [0.29, 0.717) is 5.96 Å². The van der Waals surface area contributed by atoms with Crippen molar-refractivity contribution in [3.05, 3.63) is 41.4 Å². The van der Waals surface area contributed by atoms with Crippen LogP contribution in [-0.2, 0) is 6.54 Å². The minimum absolute atomic E-state index is 0.268. The van der Waals surface area contributed by atoms with Gasteiger partial charge in [0.05, 0.1) is 11.2 Å². The van der Waals surface area contributed by atoms with Crippen LogP contribution in [0.15, 0.2) is 40.8 Å². The fourth-order valence-electron chi connectivity index (χ4n) is 3.54. The largest absolute Gasteiger partial charge is 0.369 e. The molecule has 6 heteroatoms. The third-order valence-corrected chi connectivity index (χ3v) is 5.60. The number of benzene rings is 1. The predicted molar refractivity (Wildman–Crippen MR) is 102 cm³/mol. The summed E-state index contributed by atoms with van der Waals surface area (Å²) in [5, 5.41) is 3.27. The van der Waals surface area contributed by atoms with Gasteiger partial charge in [0.15, 0.2) is 5.96 Å². The number of aromatic nitrogens is 1. The van der Waals surface area contributed by atoms with Gasteiger partial charge in [-0.2, -0.15) is 0 Å². The van der Waals surface area contributed by atoms with Crippen LogP contribution in [0.25, 0.3) is 21.3 Å². The molecule has 1 aromatic carbocycles. The van der Waals surface area contributed by atoms with E-state index in [2.05, 4.69) is 52.3 Å². The van der Waals surface area contributed by atoms with Crippen LogP contribution < -0.4 is 11.5 Å². The van der Waals surface area contributed by atoms with E-state index in [1.807, 2.05) is 11.8 Å². The predicted octanol–water partition coefficient (Wildman–Crippen LogP) is 3.63. The Morgan fingerprint density at radius 3 is 2.75 bits per heavy atom. The van der Waals surface area contributed by atoms with Crippen LogP contribution >= 0.6 is 11.3 Å². The van der Waals surface area contributed by atoms with E-state index < -0.39 is 0 Å². The maximum absolute atomic E-state index is 6.54. The number of nitrogens with zero attached hydrogens (tertiary/aromatic N) is 3. The minimum atomic E-state index is -0.268. The summed E-state index contributed by atoms with van der Waals surface area (Å²) in [5.74, 6) is 0.490. The van der Waals surface area contributed by atoms with Crippen molar-refractivity contribution in [3.8, 4) is 10.4 Å². The first-order valence-electron chi connectivity index (χ1n) is 8.21. The topological polar surface area (TPSA) is 72.6 Å². The summed E-state index contributed by atoms with van der Waals surface area (Å²) >= 11 is 1.74. The van der Waals surface area contributed by atoms with Gasteiger partial charge in [-0.05, 0) is 37.4 Å². The fourth-order valence-corrected chi connectivity index (χ4v) is 4.29. The molecule has 0 fully saturated rings. The monoisotopic (exact) mass is 339 g/mol. The zero-order valence-electron chi connectivity index (χ0n) is 13.9. The van der Waals surface area contributed by atoms with Gasteiger partial charge in [0.1, 0.15) is 6.17 Å². The molecule has 4 N–H and O–H groups in total. The molecular formula is C18H21N5S. The number of hydrogen-bond acceptors (Lipinski definition) is 5. The standard InChI is InChI=1S/C18H21N5S/c1-3-22-8-7-11-15-13(21-18(20)23(4-2)17(15)19)10-12(16(11)22)14-6-5-9-24-14/h5-10,17H,3-4,19H2,1-2H3,(H2,20,21). The number of nitrogens with two attached hydrogens (primary N) is 2. The summed E-state index contributed by atoms with van der Waals surface area (Å²) in [5.41, 5.74) is 17.0. The first-order valence-corrected chi connectivity index (χ1v) is 9.09. The lowest BCUT2D eigenvalue weighted by Gasteiger charge is -2.34. The molecule has 1 aliphatic heterocycles. The fraction of sp³-hybridized carbons (Fsp3) is 0.278. The number of hydrogen-bond donors (Lipinski definition) is 2. The van der Waals surface area contributed by atoms with Gasteiger partial charge in [0.2, 0.25) is 0 Å². The second-order valence-corrected chi connectivity index (χ2v) is 6.85. The van der Waals surface area contributed by atoms with Crippen LogP contribution in [0.1, 0.15) is 25.6 Å². The van der Waals surface area contributed by atoms with Gasteiger partial charge in [-0.3, -0.25) is 0 Å². The maximum Gasteiger partial charge on any atom is 0.198 e. The Balaban J connectivity index is 2.08. The van der Waals surface area contributed by atoms with Crippen molar-refractivity contribution in [2.24, 2.45) is 16.5 Å². The molecule has 2 aromatic heterocycles. The molecule has 1 unspecified atom stereocenters. The van der Waals surface area contributed by atoms with Gasteiger partial charge < -0.3 is 20.9 Å². The van der Waals surface area contributed by atoms with Crippen molar-refractivity contribution in [2.75, 3.05) is 6.54 Å². The van der Waals surface area contributed by atoms with Crippen molar-refractivity contribution in [2.45, 2.75) is 26.6 Å². The molecule has 1 aliphatic rings. The van der Waals surface area contributed by atoms with Gasteiger partial charge in [0, 0.05) is 40.7 Å². The van der Waals surface area contributed by atoms with Gasteiger partial charge in [0.25, 0.3) is 0 Å². The molecule has 0 bridgehead atoms. The van der Waals surface area contributed by atoms with Crippen molar-refractivity contribution in [1.82, 2.24) is 9.47 Å². The molecule has 3 aromatic rings. The van der Waals surface area contributed by atoms with E-state index in [1.165, 1.54) is 21.3 Å². The SMILES string of the molecule is CCN1C(N)=Nc2cc(-c3cccs3)c3c(ccn3CC)c2C1N. The van der Waals surface area contributed by atoms with E-state index >= 15 is 0 Å². The smallest absolute Gasteiger partial charge is 0.198 e. The Morgan fingerprint density at radius 2 is 2.08 bits per heavy atom. The summed E-state index contributed by atoms with van der Waals surface area (Å²) in [4.78, 5) is 7.81. The van der Waals surface area contributed by atoms with Crippen LogP contribution in [0, 0.1) is 0 Å². The number of aryl methyl sites for hydroxylation is 1. The summed E-state index contributed by atoms with van der Waals surface area (Å²) in [6.07, 6.45) is 1.86. The molecule has 3 heterocycles. The average Bonchev–Trinajstić information content (AvgIpc) is 3.23. The van der Waals surface area contributed by atoms with Crippen molar-refractivity contribution >= 4 is 33.9 Å². The molecule has 0 spiro atoms. The third-order valence-electron chi connectivity index (χ3n) is 4.69. The third kappa shape index (κ3) is 2.07. The van der Waals surface area contributed by atoms with Gasteiger partial charge >= 0.3 is 0 Å². The zero-order chi connectivity index (χ0) is 16.8. The lowest BCUT2D eigenvalue weighted by atomic mass is 9.98. The van der Waals surface area contributed by atoms with Crippen LogP contribution in [-0.4, -0.2) is 22.0 Å². The van der Waals surface area contributed by atoms with Crippen LogP contribution in [0.5, 0.6) is 0 Å². The minimum Gasteiger partial charge on any atom is -0.369 e. The lowest BCUT2D eigenvalue weighted by Crippen LogP contribution is -2.45. The summed E-state index contributed by atoms with van der Waals surface area (Å²) in [6, 6.07) is 8.51. The first kappa shape index (κ1) is 15.2. The highest BCUT2D eigenvalue weighted by Gasteiger charge is 2.28. The normalized spacial score (nSPS) is 17.2. The zero-order valence-corrected chi connectivity index (χ0v) is 14.7. The van der Waals surface area contributed by atoms with Crippen molar-refractivity contribution in [3.63, 3.8) is 0 Å². The molecule has 24 heavy (non-hydrogen) atoms. The Morgan fingerprint density at radius 1 is 1.25 bits per heavy atom. The number of rotatable bonds is 3. The van der Waals surface area contributed by atoms with Gasteiger partial charge in [-0.25, -0.2) is 4.99 Å². The molecule has 0 amide bonds. The van der Waals surface area contributed by atoms with E-state index in [9.17, 15) is 0 Å². The second kappa shape index (κ2) is 5.65. The molecule has 0 aliphatic carbocycles. The molecule has 5 nitrogen and oxygen atoms in total. The molecule has 0 saturated carbocycles. The number of thiophene rings is 1. The van der Waals surface area contributed by atoms with Gasteiger partial charge in [-0.1, -0.05) is 6.07 Å². The summed E-state index contributed by atoms with van der Waals surface area (Å²) in [6.45, 7) is 5.85. The number of guanidine groups is 1. The Bertz CT molecular complexity index is 923. The van der Waals surface area contributed by atoms with Crippen LogP contribution in [0.2, 0.25) is 0 Å². The van der Waals surface area contributed by atoms with Crippen LogP contribution in [0.4, 0.5) is 5.69 Å². The number of fused-ring (bicyclic) bond motifs is 3. The Hall–Kier alpha value is -2.31. The quantitative estimate of drug-likeness (QED) is 0.765.